The number of piperidine rings is 1. The molecule has 292 valence electrons. The molecule has 5 aromatic rings. The van der Waals surface area contributed by atoms with Crippen molar-refractivity contribution in [3.05, 3.63) is 120 Å². The molecule has 3 aliphatic carbocycles. The summed E-state index contributed by atoms with van der Waals surface area (Å²) in [5.41, 5.74) is 4.92. The van der Waals surface area contributed by atoms with Crippen LogP contribution in [0.3, 0.4) is 0 Å². The molecule has 0 radical (unpaired) electrons. The normalized spacial score (nSPS) is 25.6. The number of carbonyl (C=O) groups is 1. The minimum atomic E-state index is -0.156. The lowest BCUT2D eigenvalue weighted by Gasteiger charge is -2.57. The first kappa shape index (κ1) is 38.3. The van der Waals surface area contributed by atoms with Crippen molar-refractivity contribution in [2.75, 3.05) is 26.2 Å². The van der Waals surface area contributed by atoms with E-state index >= 15 is 0 Å². The summed E-state index contributed by atoms with van der Waals surface area (Å²) in [6.07, 6.45) is 12.3. The highest BCUT2D eigenvalue weighted by Gasteiger charge is 2.60. The zero-order valence-corrected chi connectivity index (χ0v) is 33.1. The van der Waals surface area contributed by atoms with E-state index in [1.165, 1.54) is 41.7 Å². The van der Waals surface area contributed by atoms with Gasteiger partial charge in [-0.2, -0.15) is 0 Å². The molecule has 8 heteroatoms. The molecule has 0 spiro atoms. The average Bonchev–Trinajstić information content (AvgIpc) is 3.74. The maximum absolute atomic E-state index is 13.6. The molecule has 56 heavy (non-hydrogen) atoms. The molecule has 4 aliphatic rings. The number of ketones is 1. The number of aromatic hydroxyl groups is 3. The van der Waals surface area contributed by atoms with E-state index in [4.69, 9.17) is 4.74 Å². The molecule has 7 nitrogen and oxygen atoms in total. The van der Waals surface area contributed by atoms with E-state index in [2.05, 4.69) is 30.5 Å². The number of likely N-dealkylation sites (tertiary alicyclic amines) is 1. The van der Waals surface area contributed by atoms with Gasteiger partial charge >= 0.3 is 0 Å². The lowest BCUT2D eigenvalue weighted by Crippen LogP contribution is -2.50. The summed E-state index contributed by atoms with van der Waals surface area (Å²) in [5.74, 6) is 2.42. The quantitative estimate of drug-likeness (QED) is 0.0918. The number of allylic oxidation sites excluding steroid dienone is 1. The Hall–Kier alpha value is -4.63. The fourth-order valence-corrected chi connectivity index (χ4v) is 11.8. The number of thiophene rings is 1. The van der Waals surface area contributed by atoms with Gasteiger partial charge in [0.05, 0.1) is 6.10 Å². The molecule has 1 aliphatic heterocycles. The Morgan fingerprint density at radius 3 is 2.34 bits per heavy atom. The molecule has 4 N–H and O–H groups in total. The van der Waals surface area contributed by atoms with Gasteiger partial charge in [0, 0.05) is 32.6 Å². The van der Waals surface area contributed by atoms with Crippen LogP contribution >= 0.6 is 11.3 Å². The second-order valence-electron chi connectivity index (χ2n) is 16.6. The summed E-state index contributed by atoms with van der Waals surface area (Å²) < 4.78 is 6.76. The van der Waals surface area contributed by atoms with Gasteiger partial charge in [0.25, 0.3) is 0 Å². The molecule has 2 heterocycles. The molecule has 5 atom stereocenters. The van der Waals surface area contributed by atoms with E-state index in [9.17, 15) is 25.2 Å². The Morgan fingerprint density at radius 1 is 0.875 bits per heavy atom. The number of rotatable bonds is 8. The molecule has 2 saturated carbocycles. The molecule has 9 rings (SSSR count). The summed E-state index contributed by atoms with van der Waals surface area (Å²) >= 11 is 1.46. The summed E-state index contributed by atoms with van der Waals surface area (Å²) in [4.78, 5) is 16.9. The Kier molecular flexibility index (Phi) is 10.7. The van der Waals surface area contributed by atoms with Gasteiger partial charge in [-0.1, -0.05) is 25.5 Å². The molecule has 3 fully saturated rings. The van der Waals surface area contributed by atoms with Crippen molar-refractivity contribution in [3.8, 4) is 33.4 Å². The van der Waals surface area contributed by atoms with Gasteiger partial charge in [-0.3, -0.25) is 9.69 Å². The third kappa shape index (κ3) is 7.12. The van der Waals surface area contributed by atoms with Crippen molar-refractivity contribution in [1.82, 2.24) is 4.90 Å². The second-order valence-corrected chi connectivity index (χ2v) is 17.6. The van der Waals surface area contributed by atoms with Gasteiger partial charge in [-0.05, 0) is 183 Å². The molecule has 0 unspecified atom stereocenters. The van der Waals surface area contributed by atoms with Crippen molar-refractivity contribution in [3.63, 3.8) is 0 Å². The van der Waals surface area contributed by atoms with Crippen LogP contribution in [0.25, 0.3) is 20.5 Å². The van der Waals surface area contributed by atoms with Crippen LogP contribution in [0.2, 0.25) is 0 Å². The molecular formula is C48H53NO6S. The van der Waals surface area contributed by atoms with Crippen molar-refractivity contribution in [1.29, 1.82) is 0 Å². The summed E-state index contributed by atoms with van der Waals surface area (Å²) in [6.45, 7) is 10.4. The molecule has 1 saturated heterocycles. The molecule has 0 bridgehead atoms. The SMILES string of the molecule is C=C[C@@]12CCc3cc(O)ccc3[C@H]1CC[C@@]1(C)[C@H]2CC[C@@H]1O.O=C(c1ccc(OCCN2CCCCC2)cc1)c1c(-c2ccc(O)cc2)sc2cc(O)ccc12. The van der Waals surface area contributed by atoms with Crippen LogP contribution < -0.4 is 4.74 Å². The number of aryl methyl sites for hydroxylation is 1. The fourth-order valence-electron chi connectivity index (χ4n) is 10.5. The molecule has 1 aromatic heterocycles. The maximum atomic E-state index is 13.6. The smallest absolute Gasteiger partial charge is 0.195 e. The number of fused-ring (bicyclic) bond motifs is 6. The Morgan fingerprint density at radius 2 is 1.59 bits per heavy atom. The van der Waals surface area contributed by atoms with E-state index in [0.29, 0.717) is 35.3 Å². The van der Waals surface area contributed by atoms with Crippen LogP contribution in [0.15, 0.2) is 97.6 Å². The first-order valence-corrected chi connectivity index (χ1v) is 21.1. The highest BCUT2D eigenvalue weighted by molar-refractivity contribution is 7.22. The lowest BCUT2D eigenvalue weighted by molar-refractivity contribution is -0.0528. The van der Waals surface area contributed by atoms with Crippen molar-refractivity contribution < 1.29 is 30.0 Å². The molecular weight excluding hydrogens is 719 g/mol. The zero-order chi connectivity index (χ0) is 39.0. The van der Waals surface area contributed by atoms with E-state index in [-0.39, 0.29) is 34.2 Å². The van der Waals surface area contributed by atoms with Gasteiger partial charge in [0.15, 0.2) is 5.78 Å². The van der Waals surface area contributed by atoms with Crippen LogP contribution in [-0.2, 0) is 6.42 Å². The monoisotopic (exact) mass is 771 g/mol. The number of phenolic OH excluding ortho intramolecular Hbond substituents is 3. The van der Waals surface area contributed by atoms with Crippen LogP contribution in [0.1, 0.15) is 91.3 Å². The third-order valence-electron chi connectivity index (χ3n) is 13.5. The summed E-state index contributed by atoms with van der Waals surface area (Å²) in [5, 5.41) is 40.8. The van der Waals surface area contributed by atoms with Gasteiger partial charge in [-0.25, -0.2) is 0 Å². The standard InChI is InChI=1S/C28H27NO4S.C20H26O2/c30-21-8-4-20(5-9-21)28-26(24-13-10-22(31)18-25(24)34-28)27(32)19-6-11-23(12-7-19)33-17-16-29-14-2-1-3-15-29;1-3-20-11-8-13-12-14(21)4-5-15(13)16(20)9-10-19(2)17(20)6-7-18(19)22/h4-13,18,30-31H,1-3,14-17H2;3-5,12,16-18,21-22H,1,6-11H2,2H3/t;16-,17-,18+,19+,20-/m.1/s1. The lowest BCUT2D eigenvalue weighted by atomic mass is 9.47. The van der Waals surface area contributed by atoms with Gasteiger partial charge < -0.3 is 25.2 Å². The first-order valence-electron chi connectivity index (χ1n) is 20.3. The highest BCUT2D eigenvalue weighted by atomic mass is 32.1. The van der Waals surface area contributed by atoms with Crippen LogP contribution in [-0.4, -0.2) is 63.5 Å². The fraction of sp³-hybridized carbons (Fsp3) is 0.396. The Balaban J connectivity index is 0.000000172. The highest BCUT2D eigenvalue weighted by Crippen LogP contribution is 2.67. The number of nitrogens with zero attached hydrogens (tertiary/aromatic N) is 1. The number of hydrogen-bond donors (Lipinski definition) is 4. The number of ether oxygens (including phenoxy) is 1. The largest absolute Gasteiger partial charge is 0.508 e. The van der Waals surface area contributed by atoms with E-state index in [1.807, 2.05) is 36.4 Å². The summed E-state index contributed by atoms with van der Waals surface area (Å²) in [7, 11) is 0. The summed E-state index contributed by atoms with van der Waals surface area (Å²) in [6, 6.07) is 25.1. The zero-order valence-electron chi connectivity index (χ0n) is 32.3. The number of phenols is 3. The van der Waals surface area contributed by atoms with Gasteiger partial charge in [0.1, 0.15) is 29.6 Å². The first-order chi connectivity index (χ1) is 27.1. The Labute approximate surface area is 333 Å². The average molecular weight is 772 g/mol. The predicted molar refractivity (Wildman–Crippen MR) is 224 cm³/mol. The van der Waals surface area contributed by atoms with Gasteiger partial charge in [0.2, 0.25) is 0 Å². The number of aliphatic hydroxyl groups is 1. The predicted octanol–water partition coefficient (Wildman–Crippen LogP) is 10.2. The second kappa shape index (κ2) is 15.7. The third-order valence-corrected chi connectivity index (χ3v) is 14.7. The van der Waals surface area contributed by atoms with Crippen LogP contribution in [0, 0.1) is 16.7 Å². The Bertz CT molecular complexity index is 2210. The van der Waals surface area contributed by atoms with E-state index in [0.717, 1.165) is 84.4 Å². The molecule has 0 amide bonds. The number of aliphatic hydroxyl groups excluding tert-OH is 1. The van der Waals surface area contributed by atoms with Crippen molar-refractivity contribution >= 4 is 27.2 Å². The number of benzene rings is 4. The van der Waals surface area contributed by atoms with Crippen molar-refractivity contribution in [2.24, 2.45) is 16.7 Å². The van der Waals surface area contributed by atoms with E-state index in [1.54, 1.807) is 42.5 Å². The van der Waals surface area contributed by atoms with Crippen molar-refractivity contribution in [2.45, 2.75) is 76.7 Å². The maximum Gasteiger partial charge on any atom is 0.195 e. The van der Waals surface area contributed by atoms with E-state index < -0.39 is 0 Å². The van der Waals surface area contributed by atoms with Crippen LogP contribution in [0.5, 0.6) is 23.0 Å². The number of carbonyl (C=O) groups excluding carboxylic acids is 1. The minimum absolute atomic E-state index is 0.0547. The number of hydrogen-bond acceptors (Lipinski definition) is 8. The topological polar surface area (TPSA) is 110 Å². The van der Waals surface area contributed by atoms with Gasteiger partial charge in [-0.15, -0.1) is 17.9 Å². The minimum Gasteiger partial charge on any atom is -0.508 e. The molecule has 4 aromatic carbocycles. The van der Waals surface area contributed by atoms with Crippen LogP contribution in [0.4, 0.5) is 0 Å².